The molecule has 22 heavy (non-hydrogen) atoms. The van der Waals surface area contributed by atoms with E-state index in [9.17, 15) is 4.79 Å². The van der Waals surface area contributed by atoms with Crippen LogP contribution in [0.15, 0.2) is 24.3 Å². The van der Waals surface area contributed by atoms with Crippen LogP contribution in [0.5, 0.6) is 5.75 Å². The number of rotatable bonds is 4. The van der Waals surface area contributed by atoms with Crippen LogP contribution < -0.4 is 10.5 Å². The van der Waals surface area contributed by atoms with Gasteiger partial charge in [-0.3, -0.25) is 4.79 Å². The molecule has 2 fully saturated rings. The molecule has 1 aliphatic heterocycles. The topological polar surface area (TPSA) is 55.6 Å². The molecule has 1 saturated carbocycles. The zero-order valence-electron chi connectivity index (χ0n) is 13.5. The Bertz CT molecular complexity index is 546. The Labute approximate surface area is 132 Å². The summed E-state index contributed by atoms with van der Waals surface area (Å²) >= 11 is 0. The van der Waals surface area contributed by atoms with Crippen molar-refractivity contribution in [2.45, 2.75) is 38.1 Å². The van der Waals surface area contributed by atoms with E-state index >= 15 is 0 Å². The van der Waals surface area contributed by atoms with Crippen LogP contribution in [0.4, 0.5) is 0 Å². The first-order chi connectivity index (χ1) is 10.7. The molecule has 4 atom stereocenters. The molecule has 1 aromatic rings. The lowest BCUT2D eigenvalue weighted by Gasteiger charge is -2.39. The maximum atomic E-state index is 12.9. The number of piperidine rings is 1. The van der Waals surface area contributed by atoms with Gasteiger partial charge in [0.25, 0.3) is 0 Å². The molecule has 2 N–H and O–H groups in total. The van der Waals surface area contributed by atoms with Gasteiger partial charge in [-0.05, 0) is 48.8 Å². The highest BCUT2D eigenvalue weighted by atomic mass is 16.5. The summed E-state index contributed by atoms with van der Waals surface area (Å²) in [5.41, 5.74) is 7.13. The summed E-state index contributed by atoms with van der Waals surface area (Å²) in [6, 6.07) is 8.31. The van der Waals surface area contributed by atoms with Gasteiger partial charge < -0.3 is 15.4 Å². The van der Waals surface area contributed by atoms with Gasteiger partial charge in [0.15, 0.2) is 0 Å². The number of methoxy groups -OCH3 is 1. The van der Waals surface area contributed by atoms with E-state index in [1.165, 1.54) is 12.0 Å². The molecule has 120 valence electrons. The molecule has 2 aliphatic rings. The second-order valence-electron chi connectivity index (χ2n) is 6.68. The van der Waals surface area contributed by atoms with Gasteiger partial charge in [0.2, 0.25) is 5.91 Å². The average Bonchev–Trinajstić information content (AvgIpc) is 3.34. The van der Waals surface area contributed by atoms with Crippen molar-refractivity contribution in [3.63, 3.8) is 0 Å². The highest BCUT2D eigenvalue weighted by Gasteiger charge is 2.47. The number of likely N-dealkylation sites (tertiary alicyclic amines) is 1. The van der Waals surface area contributed by atoms with Crippen LogP contribution >= 0.6 is 0 Å². The van der Waals surface area contributed by atoms with Crippen LogP contribution in [-0.4, -0.2) is 37.0 Å². The van der Waals surface area contributed by atoms with Crippen molar-refractivity contribution < 1.29 is 9.53 Å². The molecular formula is C18H26N2O2. The molecule has 4 nitrogen and oxygen atoms in total. The lowest BCUT2D eigenvalue weighted by atomic mass is 9.90. The first-order valence-electron chi connectivity index (χ1n) is 8.30. The standard InChI is InChI=1S/C18H26N2O2/c1-12-5-4-8-20(17(12)11-19)18(21)16-10-15(16)13-6-3-7-14(9-13)22-2/h3,6-7,9,12,15-17H,4-5,8,10-11,19H2,1-2H3/t12-,15+,16+,17+/m1/s1. The zero-order valence-corrected chi connectivity index (χ0v) is 13.5. The fourth-order valence-corrected chi connectivity index (χ4v) is 3.80. The predicted octanol–water partition coefficient (Wildman–Crippen LogP) is 2.38. The molecule has 1 aromatic carbocycles. The second kappa shape index (κ2) is 6.29. The molecule has 1 saturated heterocycles. The van der Waals surface area contributed by atoms with E-state index in [1.807, 2.05) is 12.1 Å². The van der Waals surface area contributed by atoms with E-state index in [0.29, 0.717) is 24.3 Å². The first-order valence-corrected chi connectivity index (χ1v) is 8.30. The normalized spacial score (nSPS) is 31.0. The van der Waals surface area contributed by atoms with Gasteiger partial charge in [-0.1, -0.05) is 19.1 Å². The molecule has 0 radical (unpaired) electrons. The van der Waals surface area contributed by atoms with Gasteiger partial charge in [-0.15, -0.1) is 0 Å². The first kappa shape index (κ1) is 15.3. The van der Waals surface area contributed by atoms with Crippen LogP contribution in [0.3, 0.4) is 0 Å². The molecule has 1 amide bonds. The fraction of sp³-hybridized carbons (Fsp3) is 0.611. The van der Waals surface area contributed by atoms with Crippen molar-refractivity contribution in [1.82, 2.24) is 4.90 Å². The Morgan fingerprint density at radius 3 is 3.00 bits per heavy atom. The summed E-state index contributed by atoms with van der Waals surface area (Å²) in [6.07, 6.45) is 3.23. The molecular weight excluding hydrogens is 276 g/mol. The molecule has 1 aliphatic carbocycles. The Balaban J connectivity index is 1.69. The van der Waals surface area contributed by atoms with Crippen molar-refractivity contribution in [1.29, 1.82) is 0 Å². The van der Waals surface area contributed by atoms with Crippen LogP contribution in [0.1, 0.15) is 37.7 Å². The third-order valence-electron chi connectivity index (χ3n) is 5.27. The number of carbonyl (C=O) groups excluding carboxylic acids is 1. The van der Waals surface area contributed by atoms with Gasteiger partial charge >= 0.3 is 0 Å². The highest BCUT2D eigenvalue weighted by Crippen LogP contribution is 2.49. The Hall–Kier alpha value is -1.55. The lowest BCUT2D eigenvalue weighted by Crippen LogP contribution is -2.52. The minimum Gasteiger partial charge on any atom is -0.497 e. The lowest BCUT2D eigenvalue weighted by molar-refractivity contribution is -0.137. The Morgan fingerprint density at radius 2 is 2.27 bits per heavy atom. The number of ether oxygens (including phenoxy) is 1. The summed E-state index contributed by atoms with van der Waals surface area (Å²) in [6.45, 7) is 3.65. The predicted molar refractivity (Wildman–Crippen MR) is 86.8 cm³/mol. The zero-order chi connectivity index (χ0) is 15.7. The minimum absolute atomic E-state index is 0.131. The van der Waals surface area contributed by atoms with E-state index in [4.69, 9.17) is 10.5 Å². The maximum absolute atomic E-state index is 12.9. The van der Waals surface area contributed by atoms with E-state index in [1.54, 1.807) is 7.11 Å². The summed E-state index contributed by atoms with van der Waals surface area (Å²) in [5.74, 6) is 2.15. The number of hydrogen-bond donors (Lipinski definition) is 1. The van der Waals surface area contributed by atoms with E-state index in [0.717, 1.165) is 25.1 Å². The van der Waals surface area contributed by atoms with Crippen molar-refractivity contribution in [3.05, 3.63) is 29.8 Å². The number of nitrogens with two attached hydrogens (primary N) is 1. The molecule has 0 spiro atoms. The number of benzene rings is 1. The highest BCUT2D eigenvalue weighted by molar-refractivity contribution is 5.83. The van der Waals surface area contributed by atoms with Crippen LogP contribution in [0, 0.1) is 11.8 Å². The van der Waals surface area contributed by atoms with E-state index in [2.05, 4.69) is 24.0 Å². The van der Waals surface area contributed by atoms with E-state index < -0.39 is 0 Å². The Kier molecular flexibility index (Phi) is 4.39. The number of nitrogens with zero attached hydrogens (tertiary/aromatic N) is 1. The number of carbonyl (C=O) groups is 1. The number of amides is 1. The van der Waals surface area contributed by atoms with Gasteiger partial charge in [0.1, 0.15) is 5.75 Å². The van der Waals surface area contributed by atoms with Crippen molar-refractivity contribution in [2.24, 2.45) is 17.6 Å². The third-order valence-corrected chi connectivity index (χ3v) is 5.27. The fourth-order valence-electron chi connectivity index (χ4n) is 3.80. The SMILES string of the molecule is COc1cccc([C@@H]2C[C@@H]2C(=O)N2CCC[C@@H](C)[C@@H]2CN)c1. The summed E-state index contributed by atoms with van der Waals surface area (Å²) in [4.78, 5) is 14.9. The second-order valence-corrected chi connectivity index (χ2v) is 6.68. The molecule has 0 unspecified atom stereocenters. The summed E-state index contributed by atoms with van der Waals surface area (Å²) < 4.78 is 5.28. The maximum Gasteiger partial charge on any atom is 0.226 e. The van der Waals surface area contributed by atoms with Crippen LogP contribution in [0.25, 0.3) is 0 Å². The third kappa shape index (κ3) is 2.84. The number of hydrogen-bond acceptors (Lipinski definition) is 3. The quantitative estimate of drug-likeness (QED) is 0.929. The van der Waals surface area contributed by atoms with Crippen molar-refractivity contribution >= 4 is 5.91 Å². The van der Waals surface area contributed by atoms with Gasteiger partial charge in [0, 0.05) is 25.0 Å². The summed E-state index contributed by atoms with van der Waals surface area (Å²) in [7, 11) is 1.68. The minimum atomic E-state index is 0.131. The average molecular weight is 302 g/mol. The monoisotopic (exact) mass is 302 g/mol. The molecule has 0 aromatic heterocycles. The molecule has 0 bridgehead atoms. The van der Waals surface area contributed by atoms with Crippen LogP contribution in [-0.2, 0) is 4.79 Å². The Morgan fingerprint density at radius 1 is 1.45 bits per heavy atom. The smallest absolute Gasteiger partial charge is 0.226 e. The van der Waals surface area contributed by atoms with Crippen molar-refractivity contribution in [3.8, 4) is 5.75 Å². The molecule has 4 heteroatoms. The van der Waals surface area contributed by atoms with Gasteiger partial charge in [0.05, 0.1) is 7.11 Å². The van der Waals surface area contributed by atoms with E-state index in [-0.39, 0.29) is 12.0 Å². The molecule has 3 rings (SSSR count). The van der Waals surface area contributed by atoms with Gasteiger partial charge in [-0.2, -0.15) is 0 Å². The largest absolute Gasteiger partial charge is 0.497 e. The van der Waals surface area contributed by atoms with Gasteiger partial charge in [-0.25, -0.2) is 0 Å². The summed E-state index contributed by atoms with van der Waals surface area (Å²) in [5, 5.41) is 0. The van der Waals surface area contributed by atoms with Crippen molar-refractivity contribution in [2.75, 3.05) is 20.2 Å². The van der Waals surface area contributed by atoms with Crippen LogP contribution in [0.2, 0.25) is 0 Å². The molecule has 1 heterocycles.